The molecule has 0 fully saturated rings. The van der Waals surface area contributed by atoms with Crippen LogP contribution in [-0.4, -0.2) is 50.4 Å². The van der Waals surface area contributed by atoms with E-state index < -0.39 is 28.5 Å². The van der Waals surface area contributed by atoms with E-state index in [1.165, 1.54) is 17.0 Å². The number of halogens is 2. The van der Waals surface area contributed by atoms with Crippen molar-refractivity contribution in [2.24, 2.45) is 0 Å². The van der Waals surface area contributed by atoms with Crippen LogP contribution in [0.1, 0.15) is 38.3 Å². The summed E-state index contributed by atoms with van der Waals surface area (Å²) in [5.41, 5.74) is 1.44. The number of anilines is 1. The molecule has 4 aromatic rings. The van der Waals surface area contributed by atoms with Crippen molar-refractivity contribution in [3.63, 3.8) is 0 Å². The van der Waals surface area contributed by atoms with Gasteiger partial charge in [0.15, 0.2) is 0 Å². The first kappa shape index (κ1) is 35.8. The number of para-hydroxylation sites is 2. The van der Waals surface area contributed by atoms with E-state index in [0.717, 1.165) is 9.87 Å². The lowest BCUT2D eigenvalue weighted by atomic mass is 10.0. The van der Waals surface area contributed by atoms with Crippen LogP contribution in [0.25, 0.3) is 0 Å². The molecule has 0 bridgehead atoms. The maximum absolute atomic E-state index is 14.7. The molecule has 0 radical (unpaired) electrons. The smallest absolute Gasteiger partial charge is 0.264 e. The number of nitrogens with one attached hydrogen (secondary N) is 1. The number of rotatable bonds is 15. The Kier molecular flexibility index (Phi) is 12.7. The summed E-state index contributed by atoms with van der Waals surface area (Å²) >= 11 is 13.2. The van der Waals surface area contributed by atoms with Crippen molar-refractivity contribution < 1.29 is 22.7 Å². The molecular formula is C36H39Cl2N3O5S. The minimum atomic E-state index is -4.29. The summed E-state index contributed by atoms with van der Waals surface area (Å²) in [6.07, 6.45) is 0.837. The molecular weight excluding hydrogens is 657 g/mol. The number of carbonyl (C=O) groups is 2. The van der Waals surface area contributed by atoms with Crippen LogP contribution < -0.4 is 14.4 Å². The van der Waals surface area contributed by atoms with Crippen LogP contribution in [0.3, 0.4) is 0 Å². The molecule has 0 heterocycles. The molecule has 0 saturated heterocycles. The summed E-state index contributed by atoms with van der Waals surface area (Å²) < 4.78 is 35.4. The topological polar surface area (TPSA) is 96.0 Å². The van der Waals surface area contributed by atoms with E-state index in [1.54, 1.807) is 67.6 Å². The van der Waals surface area contributed by atoms with Gasteiger partial charge in [-0.2, -0.15) is 0 Å². The van der Waals surface area contributed by atoms with Gasteiger partial charge < -0.3 is 15.0 Å². The molecule has 0 aliphatic heterocycles. The lowest BCUT2D eigenvalue weighted by molar-refractivity contribution is -0.140. The summed E-state index contributed by atoms with van der Waals surface area (Å²) in [6, 6.07) is 27.6. The number of hydrogen-bond acceptors (Lipinski definition) is 5. The predicted octanol–water partition coefficient (Wildman–Crippen LogP) is 7.14. The summed E-state index contributed by atoms with van der Waals surface area (Å²) in [7, 11) is -4.29. The molecule has 0 saturated carbocycles. The molecule has 4 aromatic carbocycles. The maximum Gasteiger partial charge on any atom is 0.264 e. The minimum absolute atomic E-state index is 0.00449. The minimum Gasteiger partial charge on any atom is -0.492 e. The molecule has 1 N–H and O–H groups in total. The number of ether oxygens (including phenoxy) is 1. The first-order valence-corrected chi connectivity index (χ1v) is 17.6. The zero-order chi connectivity index (χ0) is 34.0. The predicted molar refractivity (Wildman–Crippen MR) is 187 cm³/mol. The van der Waals surface area contributed by atoms with Gasteiger partial charge in [-0.05, 0) is 62.2 Å². The fourth-order valence-corrected chi connectivity index (χ4v) is 6.99. The van der Waals surface area contributed by atoms with Crippen LogP contribution in [0.4, 0.5) is 5.69 Å². The third kappa shape index (κ3) is 9.06. The largest absolute Gasteiger partial charge is 0.492 e. The van der Waals surface area contributed by atoms with Crippen LogP contribution in [0.15, 0.2) is 108 Å². The Labute approximate surface area is 287 Å². The zero-order valence-electron chi connectivity index (χ0n) is 26.6. The Morgan fingerprint density at radius 2 is 1.43 bits per heavy atom. The molecule has 2 atom stereocenters. The molecule has 4 rings (SSSR count). The second kappa shape index (κ2) is 16.7. The average molecular weight is 697 g/mol. The van der Waals surface area contributed by atoms with Gasteiger partial charge in [-0.25, -0.2) is 8.42 Å². The highest BCUT2D eigenvalue weighted by Gasteiger charge is 2.36. The third-order valence-electron chi connectivity index (χ3n) is 7.71. The fraction of sp³-hybridized carbons (Fsp3) is 0.278. The van der Waals surface area contributed by atoms with E-state index >= 15 is 0 Å². The van der Waals surface area contributed by atoms with E-state index in [4.69, 9.17) is 27.9 Å². The Bertz CT molecular complexity index is 1740. The van der Waals surface area contributed by atoms with E-state index in [0.29, 0.717) is 27.8 Å². The number of carbonyl (C=O) groups excluding carboxylic acids is 2. The molecule has 2 amide bonds. The molecule has 47 heavy (non-hydrogen) atoms. The van der Waals surface area contributed by atoms with E-state index in [-0.39, 0.29) is 42.1 Å². The highest BCUT2D eigenvalue weighted by atomic mass is 35.5. The van der Waals surface area contributed by atoms with Crippen LogP contribution in [0, 0.1) is 0 Å². The number of nitrogens with zero attached hydrogens (tertiary/aromatic N) is 2. The van der Waals surface area contributed by atoms with Crippen molar-refractivity contribution in [1.29, 1.82) is 0 Å². The van der Waals surface area contributed by atoms with Crippen molar-refractivity contribution >= 4 is 50.7 Å². The van der Waals surface area contributed by atoms with Gasteiger partial charge in [-0.3, -0.25) is 13.9 Å². The first-order chi connectivity index (χ1) is 22.6. The van der Waals surface area contributed by atoms with E-state index in [9.17, 15) is 18.0 Å². The van der Waals surface area contributed by atoms with Crippen LogP contribution in [-0.2, 0) is 32.6 Å². The van der Waals surface area contributed by atoms with Crippen molar-refractivity contribution in [2.45, 2.75) is 57.1 Å². The summed E-state index contributed by atoms with van der Waals surface area (Å²) in [5, 5.41) is 3.64. The summed E-state index contributed by atoms with van der Waals surface area (Å²) in [6.45, 7) is 5.12. The van der Waals surface area contributed by atoms with Gasteiger partial charge in [0, 0.05) is 34.6 Å². The van der Waals surface area contributed by atoms with E-state index in [1.807, 2.05) is 44.2 Å². The monoisotopic (exact) mass is 695 g/mol. The number of amides is 2. The number of sulfonamides is 1. The SMILES string of the molecule is CCOc1ccccc1N(CC(=O)N(Cc1c(Cl)cccc1Cl)[C@@H](Cc1ccccc1)C(=O)N[C@@H](C)CC)S(=O)(=O)c1ccccc1. The Balaban J connectivity index is 1.87. The standard InChI is InChI=1S/C36H39Cl2N3O5S/c1-4-26(3)39-36(43)33(23-27-15-8-6-9-16-27)40(24-29-30(37)19-14-20-31(29)38)35(42)25-41(32-21-12-13-22-34(32)46-5-2)47(44,45)28-17-10-7-11-18-28/h6-22,26,33H,4-5,23-25H2,1-3H3,(H,39,43)/t26-,33-/m0/s1. The van der Waals surface area contributed by atoms with Crippen molar-refractivity contribution in [3.05, 3.63) is 124 Å². The van der Waals surface area contributed by atoms with E-state index in [2.05, 4.69) is 5.32 Å². The molecule has 0 aliphatic rings. The lowest BCUT2D eigenvalue weighted by Gasteiger charge is -2.35. The Hall–Kier alpha value is -4.05. The molecule has 11 heteroatoms. The quantitative estimate of drug-likeness (QED) is 0.143. The highest BCUT2D eigenvalue weighted by Crippen LogP contribution is 2.33. The van der Waals surface area contributed by atoms with Crippen LogP contribution in [0.2, 0.25) is 10.0 Å². The Morgan fingerprint density at radius 1 is 0.830 bits per heavy atom. The highest BCUT2D eigenvalue weighted by molar-refractivity contribution is 7.92. The maximum atomic E-state index is 14.7. The lowest BCUT2D eigenvalue weighted by Crippen LogP contribution is -2.54. The van der Waals surface area contributed by atoms with Gasteiger partial charge in [0.05, 0.1) is 17.2 Å². The molecule has 0 aliphatic carbocycles. The molecule has 0 unspecified atom stereocenters. The van der Waals surface area contributed by atoms with Gasteiger partial charge in [0.1, 0.15) is 18.3 Å². The van der Waals surface area contributed by atoms with Gasteiger partial charge in [-0.15, -0.1) is 0 Å². The van der Waals surface area contributed by atoms with Gasteiger partial charge in [0.25, 0.3) is 10.0 Å². The average Bonchev–Trinajstić information content (AvgIpc) is 3.07. The molecule has 8 nitrogen and oxygen atoms in total. The number of hydrogen-bond donors (Lipinski definition) is 1. The summed E-state index contributed by atoms with van der Waals surface area (Å²) in [5.74, 6) is -0.725. The zero-order valence-corrected chi connectivity index (χ0v) is 28.9. The number of benzene rings is 4. The van der Waals surface area contributed by atoms with Crippen LogP contribution in [0.5, 0.6) is 5.75 Å². The fourth-order valence-electron chi connectivity index (χ4n) is 5.02. The normalized spacial score (nSPS) is 12.5. The second-order valence-electron chi connectivity index (χ2n) is 11.0. The molecule has 0 aromatic heterocycles. The first-order valence-electron chi connectivity index (χ1n) is 15.4. The van der Waals surface area contributed by atoms with Crippen LogP contribution >= 0.6 is 23.2 Å². The molecule has 248 valence electrons. The van der Waals surface area contributed by atoms with Crippen molar-refractivity contribution in [1.82, 2.24) is 10.2 Å². The van der Waals surface area contributed by atoms with Crippen molar-refractivity contribution in [3.8, 4) is 5.75 Å². The third-order valence-corrected chi connectivity index (χ3v) is 10.2. The van der Waals surface area contributed by atoms with Gasteiger partial charge >= 0.3 is 0 Å². The van der Waals surface area contributed by atoms with Crippen molar-refractivity contribution in [2.75, 3.05) is 17.5 Å². The second-order valence-corrected chi connectivity index (χ2v) is 13.6. The van der Waals surface area contributed by atoms with Gasteiger partial charge in [-0.1, -0.05) is 96.9 Å². The van der Waals surface area contributed by atoms with Gasteiger partial charge in [0.2, 0.25) is 11.8 Å². The molecule has 0 spiro atoms. The Morgan fingerprint density at radius 3 is 2.04 bits per heavy atom. The summed E-state index contributed by atoms with van der Waals surface area (Å²) in [4.78, 5) is 30.1.